The van der Waals surface area contributed by atoms with Gasteiger partial charge in [-0.15, -0.1) is 0 Å². The van der Waals surface area contributed by atoms with E-state index in [-0.39, 0.29) is 0 Å². The summed E-state index contributed by atoms with van der Waals surface area (Å²) in [5.74, 6) is 2.76. The van der Waals surface area contributed by atoms with Gasteiger partial charge >= 0.3 is 0 Å². The molecule has 3 nitrogen and oxygen atoms in total. The number of rotatable bonds is 15. The molecule has 4 heteroatoms. The van der Waals surface area contributed by atoms with Crippen molar-refractivity contribution < 1.29 is 4.74 Å². The molecular formula is C30H48N2OSi. The van der Waals surface area contributed by atoms with Crippen LogP contribution in [0, 0.1) is 5.92 Å². The van der Waals surface area contributed by atoms with Crippen LogP contribution in [0.4, 0.5) is 0 Å². The summed E-state index contributed by atoms with van der Waals surface area (Å²) in [5.41, 5.74) is 3.30. The third kappa shape index (κ3) is 9.17. The molecule has 0 N–H and O–H groups in total. The first kappa shape index (κ1) is 26.9. The van der Waals surface area contributed by atoms with Gasteiger partial charge in [0.25, 0.3) is 0 Å². The van der Waals surface area contributed by atoms with Gasteiger partial charge in [0.2, 0.25) is 0 Å². The maximum absolute atomic E-state index is 6.09. The van der Waals surface area contributed by atoms with Crippen LogP contribution in [0.1, 0.15) is 96.0 Å². The van der Waals surface area contributed by atoms with Gasteiger partial charge in [-0.3, -0.25) is 0 Å². The molecule has 1 fully saturated rings. The normalized spacial score (nSPS) is 15.5. The van der Waals surface area contributed by atoms with Crippen LogP contribution < -0.4 is 4.74 Å². The molecule has 1 aliphatic carbocycles. The number of hydrogen-bond acceptors (Lipinski definition) is 3. The SMILES string of the molecule is CCCCCCCCc1cnc(-c2ccc(OCCCC(C3CCCCC3)[SiH](C)C)cc2)nc1. The standard InChI is InChI=1S/C30H48N2OSi/c1-4-5-6-7-8-10-14-25-23-31-30(32-24-25)27-18-20-28(21-19-27)33-22-13-17-29(34(2)3)26-15-11-9-12-16-26/h18-21,23-24,26,29,34H,4-17,22H2,1-3H3. The predicted octanol–water partition coefficient (Wildman–Crippen LogP) is 8.64. The molecule has 0 saturated heterocycles. The van der Waals surface area contributed by atoms with Gasteiger partial charge in [0, 0.05) is 26.8 Å². The summed E-state index contributed by atoms with van der Waals surface area (Å²) >= 11 is 0. The first-order valence-corrected chi connectivity index (χ1v) is 17.2. The van der Waals surface area contributed by atoms with Crippen molar-refractivity contribution in [2.24, 2.45) is 5.92 Å². The molecule has 0 radical (unpaired) electrons. The predicted molar refractivity (Wildman–Crippen MR) is 148 cm³/mol. The molecule has 1 aromatic heterocycles. The van der Waals surface area contributed by atoms with E-state index in [1.807, 2.05) is 12.4 Å². The maximum Gasteiger partial charge on any atom is 0.159 e. The summed E-state index contributed by atoms with van der Waals surface area (Å²) in [4.78, 5) is 9.23. The highest BCUT2D eigenvalue weighted by molar-refractivity contribution is 6.57. The monoisotopic (exact) mass is 480 g/mol. The Balaban J connectivity index is 1.38. The van der Waals surface area contributed by atoms with Crippen LogP contribution in [0.25, 0.3) is 11.4 Å². The molecule has 1 unspecified atom stereocenters. The molecule has 188 valence electrons. The molecule has 0 spiro atoms. The minimum Gasteiger partial charge on any atom is -0.494 e. The van der Waals surface area contributed by atoms with Crippen LogP contribution in [-0.2, 0) is 6.42 Å². The Morgan fingerprint density at radius 1 is 0.882 bits per heavy atom. The Morgan fingerprint density at radius 3 is 2.24 bits per heavy atom. The van der Waals surface area contributed by atoms with E-state index in [9.17, 15) is 0 Å². The molecule has 1 aliphatic rings. The van der Waals surface area contributed by atoms with Crippen molar-refractivity contribution in [3.63, 3.8) is 0 Å². The van der Waals surface area contributed by atoms with E-state index in [0.717, 1.165) is 41.6 Å². The van der Waals surface area contributed by atoms with Crippen LogP contribution in [0.2, 0.25) is 18.6 Å². The number of aromatic nitrogens is 2. The van der Waals surface area contributed by atoms with Gasteiger partial charge in [-0.05, 0) is 67.0 Å². The zero-order valence-corrected chi connectivity index (χ0v) is 23.3. The number of ether oxygens (including phenoxy) is 1. The number of aryl methyl sites for hydroxylation is 1. The number of unbranched alkanes of at least 4 members (excludes halogenated alkanes) is 5. The third-order valence-corrected chi connectivity index (χ3v) is 10.3. The lowest BCUT2D eigenvalue weighted by atomic mass is 9.85. The van der Waals surface area contributed by atoms with Crippen LogP contribution in [0.15, 0.2) is 36.7 Å². The summed E-state index contributed by atoms with van der Waals surface area (Å²) in [6, 6.07) is 8.31. The first-order chi connectivity index (χ1) is 16.7. The topological polar surface area (TPSA) is 35.0 Å². The number of hydrogen-bond donors (Lipinski definition) is 0. The second-order valence-corrected chi connectivity index (χ2v) is 14.1. The van der Waals surface area contributed by atoms with Crippen molar-refractivity contribution in [3.05, 3.63) is 42.2 Å². The molecule has 0 aliphatic heterocycles. The highest BCUT2D eigenvalue weighted by Gasteiger charge is 2.26. The third-order valence-electron chi connectivity index (χ3n) is 7.70. The van der Waals surface area contributed by atoms with E-state index in [4.69, 9.17) is 4.74 Å². The fourth-order valence-electron chi connectivity index (χ4n) is 5.63. The van der Waals surface area contributed by atoms with Crippen molar-refractivity contribution in [2.75, 3.05) is 6.61 Å². The molecule has 3 rings (SSSR count). The first-order valence-electron chi connectivity index (χ1n) is 14.2. The lowest BCUT2D eigenvalue weighted by Gasteiger charge is -2.32. The van der Waals surface area contributed by atoms with Gasteiger partial charge < -0.3 is 4.74 Å². The van der Waals surface area contributed by atoms with Gasteiger partial charge in [-0.1, -0.05) is 84.2 Å². The average molecular weight is 481 g/mol. The Kier molecular flexibility index (Phi) is 12.1. The summed E-state index contributed by atoms with van der Waals surface area (Å²) in [7, 11) is -0.603. The van der Waals surface area contributed by atoms with E-state index in [1.165, 1.54) is 89.0 Å². The molecule has 0 amide bonds. The van der Waals surface area contributed by atoms with E-state index in [1.54, 1.807) is 0 Å². The van der Waals surface area contributed by atoms with Crippen LogP contribution >= 0.6 is 0 Å². The van der Waals surface area contributed by atoms with E-state index < -0.39 is 8.80 Å². The molecule has 1 saturated carbocycles. The molecule has 34 heavy (non-hydrogen) atoms. The van der Waals surface area contributed by atoms with E-state index in [2.05, 4.69) is 54.3 Å². The average Bonchev–Trinajstić information content (AvgIpc) is 2.87. The van der Waals surface area contributed by atoms with Gasteiger partial charge in [-0.25, -0.2) is 9.97 Å². The Bertz CT molecular complexity index is 784. The Hall–Kier alpha value is -1.68. The van der Waals surface area contributed by atoms with E-state index >= 15 is 0 Å². The van der Waals surface area contributed by atoms with E-state index in [0.29, 0.717) is 0 Å². The fraction of sp³-hybridized carbons (Fsp3) is 0.667. The minimum absolute atomic E-state index is 0.603. The van der Waals surface area contributed by atoms with Gasteiger partial charge in [0.1, 0.15) is 5.75 Å². The van der Waals surface area contributed by atoms with Crippen LogP contribution in [-0.4, -0.2) is 25.4 Å². The molecule has 1 atom stereocenters. The molecule has 1 aromatic carbocycles. The van der Waals surface area contributed by atoms with Gasteiger partial charge in [-0.2, -0.15) is 0 Å². The largest absolute Gasteiger partial charge is 0.494 e. The highest BCUT2D eigenvalue weighted by atomic mass is 28.3. The molecular weight excluding hydrogens is 432 g/mol. The quantitative estimate of drug-likeness (QED) is 0.189. The van der Waals surface area contributed by atoms with Crippen molar-refractivity contribution in [1.29, 1.82) is 0 Å². The van der Waals surface area contributed by atoms with Crippen molar-refractivity contribution in [3.8, 4) is 17.1 Å². The molecule has 2 aromatic rings. The zero-order chi connectivity index (χ0) is 24.0. The molecule has 1 heterocycles. The van der Waals surface area contributed by atoms with Gasteiger partial charge in [0.15, 0.2) is 5.82 Å². The van der Waals surface area contributed by atoms with Gasteiger partial charge in [0.05, 0.1) is 6.61 Å². The second kappa shape index (κ2) is 15.3. The molecule has 0 bridgehead atoms. The maximum atomic E-state index is 6.09. The summed E-state index contributed by atoms with van der Waals surface area (Å²) < 4.78 is 6.09. The number of nitrogens with zero attached hydrogens (tertiary/aromatic N) is 2. The summed E-state index contributed by atoms with van der Waals surface area (Å²) in [6.07, 6.45) is 22.9. The fourth-order valence-corrected chi connectivity index (χ4v) is 8.00. The Labute approximate surface area is 210 Å². The van der Waals surface area contributed by atoms with Crippen molar-refractivity contribution in [2.45, 2.75) is 115 Å². The smallest absolute Gasteiger partial charge is 0.159 e. The minimum atomic E-state index is -0.603. The lowest BCUT2D eigenvalue weighted by molar-refractivity contribution is 0.282. The lowest BCUT2D eigenvalue weighted by Crippen LogP contribution is -2.24. The van der Waals surface area contributed by atoms with Crippen LogP contribution in [0.3, 0.4) is 0 Å². The number of benzene rings is 1. The van der Waals surface area contributed by atoms with Crippen LogP contribution in [0.5, 0.6) is 5.75 Å². The van der Waals surface area contributed by atoms with Crippen molar-refractivity contribution >= 4 is 8.80 Å². The zero-order valence-electron chi connectivity index (χ0n) is 22.1. The summed E-state index contributed by atoms with van der Waals surface area (Å²) in [5, 5.41) is 0. The Morgan fingerprint density at radius 2 is 1.56 bits per heavy atom. The summed E-state index contributed by atoms with van der Waals surface area (Å²) in [6.45, 7) is 8.18. The highest BCUT2D eigenvalue weighted by Crippen LogP contribution is 2.38. The van der Waals surface area contributed by atoms with Crippen molar-refractivity contribution in [1.82, 2.24) is 9.97 Å². The second-order valence-electron chi connectivity index (χ2n) is 10.8.